The number of alkyl halides is 3. The maximum Gasteiger partial charge on any atom is 0.406 e. The third-order valence-corrected chi connectivity index (χ3v) is 4.08. The lowest BCUT2D eigenvalue weighted by Gasteiger charge is -2.32. The van der Waals surface area contributed by atoms with Crippen molar-refractivity contribution in [2.24, 2.45) is 11.3 Å². The number of halogens is 3. The van der Waals surface area contributed by atoms with Gasteiger partial charge in [-0.3, -0.25) is 9.48 Å². The lowest BCUT2D eigenvalue weighted by molar-refractivity contribution is -0.236. The van der Waals surface area contributed by atoms with Gasteiger partial charge >= 0.3 is 12.1 Å². The highest BCUT2D eigenvalue weighted by atomic mass is 19.4. The molecule has 1 saturated heterocycles. The van der Waals surface area contributed by atoms with Crippen molar-refractivity contribution >= 4 is 5.97 Å². The van der Waals surface area contributed by atoms with E-state index in [0.29, 0.717) is 5.69 Å². The Morgan fingerprint density at radius 3 is 2.81 bits per heavy atom. The van der Waals surface area contributed by atoms with Gasteiger partial charge in [-0.2, -0.15) is 18.3 Å². The topological polar surface area (TPSA) is 67.2 Å². The summed E-state index contributed by atoms with van der Waals surface area (Å²) in [5.41, 5.74) is -2.12. The van der Waals surface area contributed by atoms with Crippen LogP contribution in [0.4, 0.5) is 13.2 Å². The van der Waals surface area contributed by atoms with Gasteiger partial charge in [-0.1, -0.05) is 0 Å². The first-order chi connectivity index (χ1) is 9.70. The van der Waals surface area contributed by atoms with Crippen LogP contribution < -0.4 is 5.32 Å². The van der Waals surface area contributed by atoms with Crippen LogP contribution in [-0.4, -0.2) is 40.1 Å². The first-order valence-corrected chi connectivity index (χ1v) is 6.73. The van der Waals surface area contributed by atoms with Crippen LogP contribution in [0.1, 0.15) is 25.6 Å². The van der Waals surface area contributed by atoms with Crippen LogP contribution in [-0.2, 0) is 11.2 Å². The summed E-state index contributed by atoms with van der Waals surface area (Å²) in [7, 11) is 0. The Morgan fingerprint density at radius 2 is 2.29 bits per heavy atom. The van der Waals surface area contributed by atoms with Gasteiger partial charge in [0, 0.05) is 30.4 Å². The molecule has 0 amide bonds. The molecule has 8 heteroatoms. The summed E-state index contributed by atoms with van der Waals surface area (Å²) in [5, 5.41) is 15.9. The molecule has 0 aromatic carbocycles. The van der Waals surface area contributed by atoms with E-state index in [4.69, 9.17) is 0 Å². The van der Waals surface area contributed by atoms with Crippen molar-refractivity contribution in [1.29, 1.82) is 0 Å². The number of nitrogens with zero attached hydrogens (tertiary/aromatic N) is 2. The predicted molar refractivity (Wildman–Crippen MR) is 68.8 cm³/mol. The van der Waals surface area contributed by atoms with E-state index in [-0.39, 0.29) is 19.0 Å². The Bertz CT molecular complexity index is 527. The van der Waals surface area contributed by atoms with E-state index in [1.165, 1.54) is 6.20 Å². The molecular weight excluding hydrogens is 287 g/mol. The fraction of sp³-hybridized carbons (Fsp3) is 0.692. The maximum atomic E-state index is 13.4. The summed E-state index contributed by atoms with van der Waals surface area (Å²) >= 11 is 0. The van der Waals surface area contributed by atoms with E-state index >= 15 is 0 Å². The number of hydrogen-bond acceptors (Lipinski definition) is 3. The molecule has 5 nitrogen and oxygen atoms in total. The molecule has 1 aromatic heterocycles. The van der Waals surface area contributed by atoms with E-state index in [9.17, 15) is 23.1 Å². The normalized spacial score (nSPS) is 26.5. The summed E-state index contributed by atoms with van der Waals surface area (Å²) in [6.45, 7) is 3.18. The smallest absolute Gasteiger partial charge is 0.406 e. The second-order valence-corrected chi connectivity index (χ2v) is 5.67. The van der Waals surface area contributed by atoms with Crippen molar-refractivity contribution < 1.29 is 23.1 Å². The molecule has 1 aliphatic heterocycles. The average Bonchev–Trinajstić information content (AvgIpc) is 2.95. The third kappa shape index (κ3) is 2.52. The molecule has 2 atom stereocenters. The SMILES string of the molecule is CC(C)n1nccc1CC1CNCC1(C(=O)O)C(F)(F)F. The number of rotatable bonds is 4. The molecule has 1 aromatic rings. The number of carbonyl (C=O) groups is 1. The Kier molecular flexibility index (Phi) is 4.01. The van der Waals surface area contributed by atoms with Gasteiger partial charge in [-0.25, -0.2) is 0 Å². The molecule has 0 aliphatic carbocycles. The van der Waals surface area contributed by atoms with Crippen LogP contribution in [0.15, 0.2) is 12.3 Å². The van der Waals surface area contributed by atoms with Gasteiger partial charge in [0.2, 0.25) is 0 Å². The number of hydrogen-bond donors (Lipinski definition) is 2. The third-order valence-electron chi connectivity index (χ3n) is 4.08. The van der Waals surface area contributed by atoms with Crippen LogP contribution in [0.3, 0.4) is 0 Å². The fourth-order valence-electron chi connectivity index (χ4n) is 2.93. The highest BCUT2D eigenvalue weighted by molar-refractivity contribution is 5.77. The molecule has 0 bridgehead atoms. The van der Waals surface area contributed by atoms with Crippen molar-refractivity contribution in [1.82, 2.24) is 15.1 Å². The molecule has 2 unspecified atom stereocenters. The highest BCUT2D eigenvalue weighted by Crippen LogP contribution is 2.47. The number of carboxylic acids is 1. The van der Waals surface area contributed by atoms with Gasteiger partial charge in [0.15, 0.2) is 5.41 Å². The zero-order chi connectivity index (χ0) is 15.8. The molecule has 1 aliphatic rings. The van der Waals surface area contributed by atoms with Crippen molar-refractivity contribution in [3.8, 4) is 0 Å². The number of nitrogens with one attached hydrogen (secondary N) is 1. The van der Waals surface area contributed by atoms with Crippen molar-refractivity contribution in [3.63, 3.8) is 0 Å². The molecule has 21 heavy (non-hydrogen) atoms. The second-order valence-electron chi connectivity index (χ2n) is 5.67. The predicted octanol–water partition coefficient (Wildman–Crippen LogP) is 1.86. The van der Waals surface area contributed by atoms with Crippen molar-refractivity contribution in [2.45, 2.75) is 32.5 Å². The van der Waals surface area contributed by atoms with E-state index in [2.05, 4.69) is 10.4 Å². The zero-order valence-corrected chi connectivity index (χ0v) is 11.8. The first kappa shape index (κ1) is 15.8. The van der Waals surface area contributed by atoms with Crippen LogP contribution in [0.5, 0.6) is 0 Å². The molecular formula is C13H18F3N3O2. The van der Waals surface area contributed by atoms with Gasteiger partial charge in [-0.15, -0.1) is 0 Å². The van der Waals surface area contributed by atoms with E-state index < -0.39 is 30.0 Å². The summed E-state index contributed by atoms with van der Waals surface area (Å²) in [4.78, 5) is 11.3. The minimum absolute atomic E-state index is 0.00878. The second kappa shape index (κ2) is 5.32. The van der Waals surface area contributed by atoms with Gasteiger partial charge in [0.1, 0.15) is 0 Å². The zero-order valence-electron chi connectivity index (χ0n) is 11.8. The Morgan fingerprint density at radius 1 is 1.62 bits per heavy atom. The van der Waals surface area contributed by atoms with Crippen LogP contribution >= 0.6 is 0 Å². The van der Waals surface area contributed by atoms with Crippen molar-refractivity contribution in [2.75, 3.05) is 13.1 Å². The molecule has 0 radical (unpaired) electrons. The van der Waals surface area contributed by atoms with Gasteiger partial charge in [0.25, 0.3) is 0 Å². The van der Waals surface area contributed by atoms with Crippen molar-refractivity contribution in [3.05, 3.63) is 18.0 Å². The minimum Gasteiger partial charge on any atom is -0.481 e. The summed E-state index contributed by atoms with van der Waals surface area (Å²) in [6, 6.07) is 1.65. The van der Waals surface area contributed by atoms with Gasteiger partial charge < -0.3 is 10.4 Å². The Balaban J connectivity index is 2.34. The molecule has 2 N–H and O–H groups in total. The minimum atomic E-state index is -4.80. The molecule has 118 valence electrons. The maximum absolute atomic E-state index is 13.4. The molecule has 1 fully saturated rings. The Hall–Kier alpha value is -1.57. The Labute approximate surface area is 120 Å². The molecule has 0 saturated carbocycles. The van der Waals surface area contributed by atoms with E-state index in [1.807, 2.05) is 13.8 Å². The molecule has 2 rings (SSSR count). The molecule has 0 spiro atoms. The largest absolute Gasteiger partial charge is 0.481 e. The van der Waals surface area contributed by atoms with Crippen LogP contribution in [0, 0.1) is 11.3 Å². The van der Waals surface area contributed by atoms with Crippen LogP contribution in [0.25, 0.3) is 0 Å². The monoisotopic (exact) mass is 305 g/mol. The lowest BCUT2D eigenvalue weighted by atomic mass is 9.75. The molecule has 2 heterocycles. The summed E-state index contributed by atoms with van der Waals surface area (Å²) in [6.07, 6.45) is -3.25. The number of carboxylic acid groups (broad SMARTS) is 1. The first-order valence-electron chi connectivity index (χ1n) is 6.73. The standard InChI is InChI=1S/C13H18F3N3O2/c1-8(2)19-10(3-4-18-19)5-9-6-17-7-12(9,11(20)21)13(14,15)16/h3-4,8-9,17H,5-7H2,1-2H3,(H,20,21). The summed E-state index contributed by atoms with van der Waals surface area (Å²) in [5.74, 6) is -2.87. The quantitative estimate of drug-likeness (QED) is 0.891. The number of aromatic nitrogens is 2. The van der Waals surface area contributed by atoms with Gasteiger partial charge in [-0.05, 0) is 32.9 Å². The van der Waals surface area contributed by atoms with E-state index in [1.54, 1.807) is 10.7 Å². The lowest BCUT2D eigenvalue weighted by Crippen LogP contribution is -2.51. The highest BCUT2D eigenvalue weighted by Gasteiger charge is 2.66. The summed E-state index contributed by atoms with van der Waals surface area (Å²) < 4.78 is 41.7. The van der Waals surface area contributed by atoms with Gasteiger partial charge in [0.05, 0.1) is 0 Å². The van der Waals surface area contributed by atoms with Crippen LogP contribution in [0.2, 0.25) is 0 Å². The van der Waals surface area contributed by atoms with E-state index in [0.717, 1.165) is 0 Å². The average molecular weight is 305 g/mol. The number of aliphatic carboxylic acids is 1. The fourth-order valence-corrected chi connectivity index (χ4v) is 2.93.